The summed E-state index contributed by atoms with van der Waals surface area (Å²) in [6.07, 6.45) is 0. The number of nitro groups is 1. The molecule has 0 saturated carbocycles. The highest BCUT2D eigenvalue weighted by atomic mass is 32.1. The molecule has 0 spiro atoms. The Morgan fingerprint density at radius 1 is 1.05 bits per heavy atom. The van der Waals surface area contributed by atoms with Crippen LogP contribution in [0.1, 0.15) is 5.56 Å². The molecule has 0 aliphatic heterocycles. The van der Waals surface area contributed by atoms with Gasteiger partial charge in [-0.1, -0.05) is 59.9 Å². The van der Waals surface area contributed by atoms with Crippen molar-refractivity contribution in [3.05, 3.63) is 81.7 Å². The van der Waals surface area contributed by atoms with Crippen molar-refractivity contribution >= 4 is 22.0 Å². The Labute approximate surface area is 132 Å². The first-order chi connectivity index (χ1) is 10.7. The fourth-order valence-electron chi connectivity index (χ4n) is 2.26. The maximum atomic E-state index is 10.7. The van der Waals surface area contributed by atoms with E-state index in [2.05, 4.69) is 23.5 Å². The number of anilines is 1. The molecule has 3 rings (SSSR count). The summed E-state index contributed by atoms with van der Waals surface area (Å²) in [5.41, 5.74) is 4.19. The molecule has 0 amide bonds. The molecule has 22 heavy (non-hydrogen) atoms. The zero-order chi connectivity index (χ0) is 15.4. The van der Waals surface area contributed by atoms with Crippen LogP contribution in [0.5, 0.6) is 0 Å². The van der Waals surface area contributed by atoms with Gasteiger partial charge in [-0.3, -0.25) is 10.1 Å². The van der Waals surface area contributed by atoms with Crippen molar-refractivity contribution in [2.75, 3.05) is 5.32 Å². The number of hydrogen-bond acceptors (Lipinski definition) is 4. The standard InChI is InChI=1S/C17H14N2O2S/c20-19(21)17-10-13(12-22-17)11-18-16-9-5-4-8-15(16)14-6-2-1-3-7-14/h1-10,12,18H,11H2. The molecule has 3 aromatic rings. The van der Waals surface area contributed by atoms with E-state index in [0.29, 0.717) is 6.54 Å². The molecular weight excluding hydrogens is 296 g/mol. The lowest BCUT2D eigenvalue weighted by atomic mass is 10.0. The van der Waals surface area contributed by atoms with Gasteiger partial charge in [-0.2, -0.15) is 0 Å². The Hall–Kier alpha value is -2.66. The Kier molecular flexibility index (Phi) is 4.16. The number of benzene rings is 2. The molecule has 0 aliphatic carbocycles. The van der Waals surface area contributed by atoms with Crippen molar-refractivity contribution in [2.24, 2.45) is 0 Å². The van der Waals surface area contributed by atoms with Gasteiger partial charge in [-0.05, 0) is 17.2 Å². The second-order valence-electron chi connectivity index (χ2n) is 4.82. The SMILES string of the molecule is O=[N+]([O-])c1cc(CNc2ccccc2-c2ccccc2)cs1. The molecule has 0 atom stereocenters. The summed E-state index contributed by atoms with van der Waals surface area (Å²) in [5.74, 6) is 0. The normalized spacial score (nSPS) is 10.4. The van der Waals surface area contributed by atoms with E-state index in [9.17, 15) is 10.1 Å². The number of thiophene rings is 1. The Morgan fingerprint density at radius 3 is 2.50 bits per heavy atom. The average molecular weight is 310 g/mol. The third kappa shape index (κ3) is 3.15. The molecule has 0 aliphatic rings. The molecule has 0 unspecified atom stereocenters. The first-order valence-electron chi connectivity index (χ1n) is 6.84. The Bertz CT molecular complexity index is 784. The summed E-state index contributed by atoms with van der Waals surface area (Å²) >= 11 is 1.15. The van der Waals surface area contributed by atoms with Crippen LogP contribution in [-0.2, 0) is 6.54 Å². The molecule has 4 nitrogen and oxygen atoms in total. The van der Waals surface area contributed by atoms with E-state index in [1.165, 1.54) is 0 Å². The zero-order valence-electron chi connectivity index (χ0n) is 11.7. The number of nitrogens with zero attached hydrogens (tertiary/aromatic N) is 1. The van der Waals surface area contributed by atoms with Crippen LogP contribution in [0.3, 0.4) is 0 Å². The summed E-state index contributed by atoms with van der Waals surface area (Å²) in [4.78, 5) is 10.4. The predicted octanol–water partition coefficient (Wildman–Crippen LogP) is 4.94. The minimum Gasteiger partial charge on any atom is -0.380 e. The van der Waals surface area contributed by atoms with Crippen molar-refractivity contribution in [2.45, 2.75) is 6.54 Å². The van der Waals surface area contributed by atoms with Gasteiger partial charge in [0.15, 0.2) is 0 Å². The Balaban J connectivity index is 1.79. The highest BCUT2D eigenvalue weighted by molar-refractivity contribution is 7.13. The molecular formula is C17H14N2O2S. The van der Waals surface area contributed by atoms with E-state index in [4.69, 9.17) is 0 Å². The smallest absolute Gasteiger partial charge is 0.324 e. The van der Waals surface area contributed by atoms with Crippen LogP contribution in [0.4, 0.5) is 10.7 Å². The molecule has 2 aromatic carbocycles. The van der Waals surface area contributed by atoms with E-state index < -0.39 is 0 Å². The minimum atomic E-state index is -0.355. The van der Waals surface area contributed by atoms with Gasteiger partial charge in [0.1, 0.15) is 0 Å². The maximum absolute atomic E-state index is 10.7. The molecule has 0 bridgehead atoms. The molecule has 0 saturated heterocycles. The largest absolute Gasteiger partial charge is 0.380 e. The van der Waals surface area contributed by atoms with Crippen molar-refractivity contribution < 1.29 is 4.92 Å². The number of rotatable bonds is 5. The van der Waals surface area contributed by atoms with Gasteiger partial charge < -0.3 is 5.32 Å². The monoisotopic (exact) mass is 310 g/mol. The molecule has 5 heteroatoms. The quantitative estimate of drug-likeness (QED) is 0.536. The van der Waals surface area contributed by atoms with Gasteiger partial charge in [0, 0.05) is 29.2 Å². The van der Waals surface area contributed by atoms with Crippen LogP contribution in [0.25, 0.3) is 11.1 Å². The lowest BCUT2D eigenvalue weighted by Gasteiger charge is -2.11. The van der Waals surface area contributed by atoms with Crippen LogP contribution in [0.15, 0.2) is 66.0 Å². The average Bonchev–Trinajstić information content (AvgIpc) is 3.03. The van der Waals surface area contributed by atoms with E-state index in [1.54, 1.807) is 6.07 Å². The maximum Gasteiger partial charge on any atom is 0.324 e. The second kappa shape index (κ2) is 6.41. The zero-order valence-corrected chi connectivity index (χ0v) is 12.5. The van der Waals surface area contributed by atoms with Gasteiger partial charge in [0.25, 0.3) is 0 Å². The second-order valence-corrected chi connectivity index (χ2v) is 5.71. The van der Waals surface area contributed by atoms with E-state index in [0.717, 1.165) is 33.7 Å². The lowest BCUT2D eigenvalue weighted by Crippen LogP contribution is -1.99. The third-order valence-corrected chi connectivity index (χ3v) is 4.24. The summed E-state index contributed by atoms with van der Waals surface area (Å²) < 4.78 is 0. The first-order valence-corrected chi connectivity index (χ1v) is 7.72. The fourth-order valence-corrected chi connectivity index (χ4v) is 2.98. The Morgan fingerprint density at radius 2 is 1.77 bits per heavy atom. The third-order valence-electron chi connectivity index (χ3n) is 3.31. The summed E-state index contributed by atoms with van der Waals surface area (Å²) in [6, 6.07) is 19.8. The van der Waals surface area contributed by atoms with Gasteiger partial charge in [0.2, 0.25) is 0 Å². The van der Waals surface area contributed by atoms with Crippen molar-refractivity contribution in [1.82, 2.24) is 0 Å². The molecule has 1 heterocycles. The van der Waals surface area contributed by atoms with Crippen LogP contribution in [0, 0.1) is 10.1 Å². The molecule has 110 valence electrons. The molecule has 0 radical (unpaired) electrons. The van der Waals surface area contributed by atoms with Crippen LogP contribution in [-0.4, -0.2) is 4.92 Å². The van der Waals surface area contributed by atoms with E-state index in [-0.39, 0.29) is 9.92 Å². The lowest BCUT2D eigenvalue weighted by molar-refractivity contribution is -0.380. The van der Waals surface area contributed by atoms with Gasteiger partial charge in [-0.15, -0.1) is 0 Å². The van der Waals surface area contributed by atoms with Crippen molar-refractivity contribution in [3.63, 3.8) is 0 Å². The van der Waals surface area contributed by atoms with E-state index >= 15 is 0 Å². The molecule has 1 N–H and O–H groups in total. The van der Waals surface area contributed by atoms with Crippen LogP contribution in [0.2, 0.25) is 0 Å². The molecule has 1 aromatic heterocycles. The van der Waals surface area contributed by atoms with Gasteiger partial charge in [0.05, 0.1) is 4.92 Å². The van der Waals surface area contributed by atoms with Crippen molar-refractivity contribution in [3.8, 4) is 11.1 Å². The number of hydrogen-bond donors (Lipinski definition) is 1. The summed E-state index contributed by atoms with van der Waals surface area (Å²) in [6.45, 7) is 0.564. The first kappa shape index (κ1) is 14.3. The van der Waals surface area contributed by atoms with Crippen LogP contribution >= 0.6 is 11.3 Å². The fraction of sp³-hybridized carbons (Fsp3) is 0.0588. The number of para-hydroxylation sites is 1. The van der Waals surface area contributed by atoms with Gasteiger partial charge in [-0.25, -0.2) is 0 Å². The highest BCUT2D eigenvalue weighted by Gasteiger charge is 2.10. The van der Waals surface area contributed by atoms with Crippen LogP contribution < -0.4 is 5.32 Å². The summed E-state index contributed by atoms with van der Waals surface area (Å²) in [5, 5.41) is 16.1. The minimum absolute atomic E-state index is 0.174. The van der Waals surface area contributed by atoms with Crippen molar-refractivity contribution in [1.29, 1.82) is 0 Å². The predicted molar refractivity (Wildman–Crippen MR) is 90.2 cm³/mol. The summed E-state index contributed by atoms with van der Waals surface area (Å²) in [7, 11) is 0. The van der Waals surface area contributed by atoms with E-state index in [1.807, 2.05) is 41.8 Å². The highest BCUT2D eigenvalue weighted by Crippen LogP contribution is 2.29. The van der Waals surface area contributed by atoms with Gasteiger partial charge >= 0.3 is 5.00 Å². The topological polar surface area (TPSA) is 55.2 Å². The number of nitrogens with one attached hydrogen (secondary N) is 1. The molecule has 0 fully saturated rings.